The molecule has 0 aromatic heterocycles. The lowest BCUT2D eigenvalue weighted by Crippen LogP contribution is -2.32. The molecule has 0 unspecified atom stereocenters. The first-order chi connectivity index (χ1) is 7.73. The normalized spacial score (nSPS) is 11.6. The molecule has 94 valence electrons. The molecule has 0 saturated carbocycles. The molecule has 0 aliphatic carbocycles. The lowest BCUT2D eigenvalue weighted by Gasteiger charge is -2.24. The maximum atomic E-state index is 11.3. The molecule has 0 N–H and O–H groups in total. The number of carbonyl (C=O) groups excluding carboxylic acids is 1. The van der Waals surface area contributed by atoms with Crippen molar-refractivity contribution >= 4 is 32.5 Å². The topological polar surface area (TPSA) is 54.5 Å². The number of hydrogen-bond donors (Lipinski definition) is 0. The first-order valence-corrected chi connectivity index (χ1v) is 7.29. The predicted molar refractivity (Wildman–Crippen MR) is 68.4 cm³/mol. The number of amides is 1. The van der Waals surface area contributed by atoms with Gasteiger partial charge in [-0.3, -0.25) is 9.69 Å². The van der Waals surface area contributed by atoms with E-state index in [4.69, 9.17) is 11.6 Å². The molecule has 0 heterocycles. The van der Waals surface area contributed by atoms with E-state index in [9.17, 15) is 13.2 Å². The quantitative estimate of drug-likeness (QED) is 0.629. The Hall–Kier alpha value is -1.07. The summed E-state index contributed by atoms with van der Waals surface area (Å²) in [5, 5.41) is -0.591. The SMILES string of the molecule is CC(C)N(C(=O)Cl)c1ccc(S(C)(=O)=O)cc1. The summed E-state index contributed by atoms with van der Waals surface area (Å²) in [6.45, 7) is 3.65. The summed E-state index contributed by atoms with van der Waals surface area (Å²) in [7, 11) is -3.22. The van der Waals surface area contributed by atoms with E-state index in [1.54, 1.807) is 12.1 Å². The molecule has 0 radical (unpaired) electrons. The smallest absolute Gasteiger partial charge is 0.296 e. The molecule has 17 heavy (non-hydrogen) atoms. The summed E-state index contributed by atoms with van der Waals surface area (Å²) in [6.07, 6.45) is 1.13. The number of rotatable bonds is 3. The van der Waals surface area contributed by atoms with Gasteiger partial charge in [-0.15, -0.1) is 0 Å². The number of sulfone groups is 1. The monoisotopic (exact) mass is 275 g/mol. The zero-order chi connectivity index (χ0) is 13.2. The molecule has 1 aromatic carbocycles. The van der Waals surface area contributed by atoms with Crippen molar-refractivity contribution in [2.24, 2.45) is 0 Å². The van der Waals surface area contributed by atoms with Crippen LogP contribution in [-0.2, 0) is 9.84 Å². The Labute approximate surface area is 106 Å². The third-order valence-corrected chi connectivity index (χ3v) is 3.56. The maximum absolute atomic E-state index is 11.3. The molecule has 0 aliphatic heterocycles. The predicted octanol–water partition coefficient (Wildman–Crippen LogP) is 2.66. The van der Waals surface area contributed by atoms with Crippen LogP contribution >= 0.6 is 11.6 Å². The van der Waals surface area contributed by atoms with Crippen LogP contribution in [0.15, 0.2) is 29.2 Å². The van der Waals surface area contributed by atoms with Crippen molar-refractivity contribution in [3.8, 4) is 0 Å². The molecule has 1 rings (SSSR count). The fraction of sp³-hybridized carbons (Fsp3) is 0.364. The fourth-order valence-corrected chi connectivity index (χ4v) is 2.38. The second kappa shape index (κ2) is 5.06. The van der Waals surface area contributed by atoms with Gasteiger partial charge < -0.3 is 0 Å². The summed E-state index contributed by atoms with van der Waals surface area (Å²) in [5.74, 6) is 0. The first kappa shape index (κ1) is 14.0. The molecule has 0 bridgehead atoms. The van der Waals surface area contributed by atoms with Crippen molar-refractivity contribution in [2.45, 2.75) is 24.8 Å². The van der Waals surface area contributed by atoms with Crippen LogP contribution < -0.4 is 4.90 Å². The van der Waals surface area contributed by atoms with Crippen LogP contribution in [0, 0.1) is 0 Å². The van der Waals surface area contributed by atoms with E-state index in [1.807, 2.05) is 13.8 Å². The Bertz CT molecular complexity index is 508. The molecule has 0 saturated heterocycles. The van der Waals surface area contributed by atoms with Crippen molar-refractivity contribution in [2.75, 3.05) is 11.2 Å². The second-order valence-corrected chi connectivity index (χ2v) is 6.32. The molecular weight excluding hydrogens is 262 g/mol. The van der Waals surface area contributed by atoms with Crippen LogP contribution in [-0.4, -0.2) is 26.1 Å². The minimum absolute atomic E-state index is 0.0934. The van der Waals surface area contributed by atoms with Crippen LogP contribution in [0.1, 0.15) is 13.8 Å². The Morgan fingerprint density at radius 3 is 2.00 bits per heavy atom. The van der Waals surface area contributed by atoms with Gasteiger partial charge in [-0.25, -0.2) is 8.42 Å². The Morgan fingerprint density at radius 1 is 1.24 bits per heavy atom. The highest BCUT2D eigenvalue weighted by molar-refractivity contribution is 7.90. The molecule has 6 heteroatoms. The van der Waals surface area contributed by atoms with E-state index in [-0.39, 0.29) is 10.9 Å². The van der Waals surface area contributed by atoms with Gasteiger partial charge in [-0.1, -0.05) is 0 Å². The van der Waals surface area contributed by atoms with Gasteiger partial charge in [-0.2, -0.15) is 0 Å². The fourth-order valence-electron chi connectivity index (χ4n) is 1.46. The lowest BCUT2D eigenvalue weighted by atomic mass is 10.2. The van der Waals surface area contributed by atoms with E-state index >= 15 is 0 Å². The van der Waals surface area contributed by atoms with Gasteiger partial charge in [0.1, 0.15) is 0 Å². The van der Waals surface area contributed by atoms with Gasteiger partial charge in [0.15, 0.2) is 9.84 Å². The van der Waals surface area contributed by atoms with E-state index < -0.39 is 15.2 Å². The standard InChI is InChI=1S/C11H14ClNO3S/c1-8(2)13(11(12)14)9-4-6-10(7-5-9)17(3,15)16/h4-8H,1-3H3. The van der Waals surface area contributed by atoms with Crippen molar-refractivity contribution in [1.29, 1.82) is 0 Å². The largest absolute Gasteiger partial charge is 0.321 e. The second-order valence-electron chi connectivity index (χ2n) is 3.98. The van der Waals surface area contributed by atoms with Crippen molar-refractivity contribution in [1.82, 2.24) is 0 Å². The summed E-state index contributed by atoms with van der Waals surface area (Å²) in [6, 6.07) is 5.96. The van der Waals surface area contributed by atoms with Crippen LogP contribution in [0.4, 0.5) is 10.5 Å². The Morgan fingerprint density at radius 2 is 1.71 bits per heavy atom. The van der Waals surface area contributed by atoms with Crippen molar-refractivity contribution in [3.05, 3.63) is 24.3 Å². The van der Waals surface area contributed by atoms with Crippen LogP contribution in [0.25, 0.3) is 0 Å². The van der Waals surface area contributed by atoms with Crippen LogP contribution in [0.2, 0.25) is 0 Å². The Kier molecular flexibility index (Phi) is 4.16. The number of benzene rings is 1. The zero-order valence-electron chi connectivity index (χ0n) is 9.84. The van der Waals surface area contributed by atoms with Gasteiger partial charge in [0, 0.05) is 18.0 Å². The molecule has 0 fully saturated rings. The van der Waals surface area contributed by atoms with Gasteiger partial charge in [0.25, 0.3) is 0 Å². The van der Waals surface area contributed by atoms with E-state index in [0.29, 0.717) is 5.69 Å². The third kappa shape index (κ3) is 3.44. The number of hydrogen-bond acceptors (Lipinski definition) is 3. The van der Waals surface area contributed by atoms with Crippen molar-refractivity contribution < 1.29 is 13.2 Å². The minimum Gasteiger partial charge on any atom is -0.296 e. The summed E-state index contributed by atoms with van der Waals surface area (Å²) in [4.78, 5) is 12.8. The highest BCUT2D eigenvalue weighted by Gasteiger charge is 2.17. The van der Waals surface area contributed by atoms with Crippen LogP contribution in [0.3, 0.4) is 0 Å². The van der Waals surface area contributed by atoms with E-state index in [1.165, 1.54) is 17.0 Å². The molecule has 0 aliphatic rings. The summed E-state index contributed by atoms with van der Waals surface area (Å²) < 4.78 is 22.6. The van der Waals surface area contributed by atoms with Gasteiger partial charge >= 0.3 is 5.37 Å². The third-order valence-electron chi connectivity index (χ3n) is 2.25. The molecule has 1 aromatic rings. The molecular formula is C11H14ClNO3S. The Balaban J connectivity index is 3.13. The van der Waals surface area contributed by atoms with E-state index in [2.05, 4.69) is 0 Å². The molecule has 4 nitrogen and oxygen atoms in total. The highest BCUT2D eigenvalue weighted by atomic mass is 35.5. The highest BCUT2D eigenvalue weighted by Crippen LogP contribution is 2.21. The molecule has 0 spiro atoms. The first-order valence-electron chi connectivity index (χ1n) is 5.02. The summed E-state index contributed by atoms with van der Waals surface area (Å²) >= 11 is 5.47. The van der Waals surface area contributed by atoms with Crippen molar-refractivity contribution in [3.63, 3.8) is 0 Å². The van der Waals surface area contributed by atoms with Gasteiger partial charge in [0.2, 0.25) is 0 Å². The van der Waals surface area contributed by atoms with Gasteiger partial charge in [-0.05, 0) is 49.7 Å². The lowest BCUT2D eigenvalue weighted by molar-refractivity contribution is 0.263. The minimum atomic E-state index is -3.22. The summed E-state index contributed by atoms with van der Waals surface area (Å²) in [5.41, 5.74) is 0.576. The molecule has 1 amide bonds. The average molecular weight is 276 g/mol. The average Bonchev–Trinajstić information content (AvgIpc) is 2.15. The number of halogens is 1. The number of nitrogens with zero attached hydrogens (tertiary/aromatic N) is 1. The maximum Gasteiger partial charge on any atom is 0.321 e. The zero-order valence-corrected chi connectivity index (χ0v) is 11.4. The van der Waals surface area contributed by atoms with Gasteiger partial charge in [0.05, 0.1) is 4.90 Å². The number of carbonyl (C=O) groups is 1. The van der Waals surface area contributed by atoms with Crippen LogP contribution in [0.5, 0.6) is 0 Å². The number of anilines is 1. The molecule has 0 atom stereocenters. The van der Waals surface area contributed by atoms with E-state index in [0.717, 1.165) is 6.26 Å².